The van der Waals surface area contributed by atoms with Gasteiger partial charge in [0.1, 0.15) is 0 Å². The van der Waals surface area contributed by atoms with Gasteiger partial charge in [-0.05, 0) is 47.5 Å². The number of para-hydroxylation sites is 2. The molecule has 3 aromatic rings. The lowest BCUT2D eigenvalue weighted by atomic mass is 9.73. The summed E-state index contributed by atoms with van der Waals surface area (Å²) in [6, 6.07) is 23.9. The SMILES string of the molecule is CC1(C)c2ccccc2N(c2ccc(C(=O)O)cc2)c2ccccc21. The van der Waals surface area contributed by atoms with Crippen molar-refractivity contribution >= 4 is 23.0 Å². The highest BCUT2D eigenvalue weighted by Crippen LogP contribution is 2.51. The lowest BCUT2D eigenvalue weighted by molar-refractivity contribution is 0.0697. The largest absolute Gasteiger partial charge is 0.478 e. The summed E-state index contributed by atoms with van der Waals surface area (Å²) in [5.74, 6) is -0.910. The van der Waals surface area contributed by atoms with Gasteiger partial charge in [0.2, 0.25) is 0 Å². The molecule has 0 unspecified atom stereocenters. The molecule has 0 saturated carbocycles. The fourth-order valence-electron chi connectivity index (χ4n) is 3.70. The number of carboxylic acids is 1. The summed E-state index contributed by atoms with van der Waals surface area (Å²) in [5.41, 5.74) is 5.95. The molecule has 124 valence electrons. The third kappa shape index (κ3) is 2.31. The Morgan fingerprint density at radius 2 is 1.28 bits per heavy atom. The molecule has 4 rings (SSSR count). The van der Waals surface area contributed by atoms with Gasteiger partial charge >= 0.3 is 5.97 Å². The molecule has 0 radical (unpaired) electrons. The average Bonchev–Trinajstić information content (AvgIpc) is 2.62. The molecule has 0 spiro atoms. The van der Waals surface area contributed by atoms with Crippen LogP contribution >= 0.6 is 0 Å². The smallest absolute Gasteiger partial charge is 0.335 e. The van der Waals surface area contributed by atoms with Crippen LogP contribution in [0.5, 0.6) is 0 Å². The number of carbonyl (C=O) groups is 1. The summed E-state index contributed by atoms with van der Waals surface area (Å²) in [4.78, 5) is 13.4. The molecule has 25 heavy (non-hydrogen) atoms. The van der Waals surface area contributed by atoms with E-state index in [-0.39, 0.29) is 5.41 Å². The number of benzene rings is 3. The van der Waals surface area contributed by atoms with Gasteiger partial charge in [0.05, 0.1) is 16.9 Å². The van der Waals surface area contributed by atoms with Crippen molar-refractivity contribution in [1.82, 2.24) is 0 Å². The maximum absolute atomic E-state index is 11.2. The number of aromatic carboxylic acids is 1. The Morgan fingerprint density at radius 1 is 0.800 bits per heavy atom. The molecule has 1 heterocycles. The molecule has 0 saturated heterocycles. The number of rotatable bonds is 2. The van der Waals surface area contributed by atoms with Crippen molar-refractivity contribution in [1.29, 1.82) is 0 Å². The van der Waals surface area contributed by atoms with E-state index in [0.717, 1.165) is 17.1 Å². The fraction of sp³-hybridized carbons (Fsp3) is 0.136. The van der Waals surface area contributed by atoms with Gasteiger partial charge in [-0.15, -0.1) is 0 Å². The third-order valence-electron chi connectivity index (χ3n) is 5.01. The summed E-state index contributed by atoms with van der Waals surface area (Å²) in [5, 5.41) is 9.16. The lowest BCUT2D eigenvalue weighted by Gasteiger charge is -2.42. The van der Waals surface area contributed by atoms with E-state index in [1.807, 2.05) is 24.3 Å². The molecule has 3 nitrogen and oxygen atoms in total. The Balaban J connectivity index is 1.96. The fourth-order valence-corrected chi connectivity index (χ4v) is 3.70. The minimum absolute atomic E-state index is 0.0926. The number of fused-ring (bicyclic) bond motifs is 2. The van der Waals surface area contributed by atoms with Crippen LogP contribution in [-0.2, 0) is 5.41 Å². The lowest BCUT2D eigenvalue weighted by Crippen LogP contribution is -2.30. The van der Waals surface area contributed by atoms with Crippen LogP contribution in [0.25, 0.3) is 0 Å². The summed E-state index contributed by atoms with van der Waals surface area (Å²) >= 11 is 0. The first-order valence-corrected chi connectivity index (χ1v) is 8.32. The van der Waals surface area contributed by atoms with Gasteiger partial charge in [-0.1, -0.05) is 50.2 Å². The van der Waals surface area contributed by atoms with Crippen molar-refractivity contribution in [3.05, 3.63) is 89.5 Å². The van der Waals surface area contributed by atoms with Crippen LogP contribution in [0.1, 0.15) is 35.3 Å². The Kier molecular flexibility index (Phi) is 3.39. The van der Waals surface area contributed by atoms with Crippen molar-refractivity contribution in [3.63, 3.8) is 0 Å². The topological polar surface area (TPSA) is 40.5 Å². The molecule has 3 heteroatoms. The molecule has 0 bridgehead atoms. The molecular formula is C22H19NO2. The molecule has 0 aliphatic carbocycles. The number of anilines is 3. The van der Waals surface area contributed by atoms with Crippen molar-refractivity contribution in [2.24, 2.45) is 0 Å². The minimum atomic E-state index is -0.910. The number of nitrogens with zero attached hydrogens (tertiary/aromatic N) is 1. The van der Waals surface area contributed by atoms with Gasteiger partial charge in [-0.2, -0.15) is 0 Å². The third-order valence-corrected chi connectivity index (χ3v) is 5.01. The molecule has 3 aromatic carbocycles. The zero-order valence-electron chi connectivity index (χ0n) is 14.2. The highest BCUT2D eigenvalue weighted by Gasteiger charge is 2.36. The molecule has 1 aliphatic rings. The summed E-state index contributed by atoms with van der Waals surface area (Å²) in [7, 11) is 0. The van der Waals surface area contributed by atoms with Crippen molar-refractivity contribution < 1.29 is 9.90 Å². The summed E-state index contributed by atoms with van der Waals surface area (Å²) < 4.78 is 0. The zero-order valence-corrected chi connectivity index (χ0v) is 14.2. The molecule has 0 atom stereocenters. The van der Waals surface area contributed by atoms with Crippen LogP contribution in [0.3, 0.4) is 0 Å². The quantitative estimate of drug-likeness (QED) is 0.675. The van der Waals surface area contributed by atoms with Crippen LogP contribution in [0.15, 0.2) is 72.8 Å². The monoisotopic (exact) mass is 329 g/mol. The van der Waals surface area contributed by atoms with Gasteiger partial charge < -0.3 is 10.0 Å². The maximum atomic E-state index is 11.2. The second-order valence-corrected chi connectivity index (χ2v) is 6.85. The molecule has 1 aliphatic heterocycles. The second-order valence-electron chi connectivity index (χ2n) is 6.85. The standard InChI is InChI=1S/C22H19NO2/c1-22(2)17-7-3-5-9-19(17)23(20-10-6-4-8-18(20)22)16-13-11-15(12-14-16)21(24)25/h3-14H,1-2H3,(H,24,25). The Labute approximate surface area is 147 Å². The average molecular weight is 329 g/mol. The van der Waals surface area contributed by atoms with Gasteiger partial charge in [0, 0.05) is 11.1 Å². The van der Waals surface area contributed by atoms with E-state index >= 15 is 0 Å². The number of hydrogen-bond donors (Lipinski definition) is 1. The van der Waals surface area contributed by atoms with E-state index in [4.69, 9.17) is 5.11 Å². The van der Waals surface area contributed by atoms with Gasteiger partial charge in [-0.3, -0.25) is 0 Å². The van der Waals surface area contributed by atoms with Gasteiger partial charge in [0.15, 0.2) is 0 Å². The first-order valence-electron chi connectivity index (χ1n) is 8.32. The molecular weight excluding hydrogens is 310 g/mol. The Bertz CT molecular complexity index is 908. The summed E-state index contributed by atoms with van der Waals surface area (Å²) in [6.45, 7) is 4.49. The minimum Gasteiger partial charge on any atom is -0.478 e. The highest BCUT2D eigenvalue weighted by molar-refractivity contribution is 5.90. The van der Waals surface area contributed by atoms with Crippen molar-refractivity contribution in [2.45, 2.75) is 19.3 Å². The van der Waals surface area contributed by atoms with E-state index in [9.17, 15) is 4.79 Å². The molecule has 0 fully saturated rings. The Morgan fingerprint density at radius 3 is 1.76 bits per heavy atom. The zero-order chi connectivity index (χ0) is 17.6. The first kappa shape index (κ1) is 15.5. The first-order chi connectivity index (χ1) is 12.0. The predicted octanol–water partition coefficient (Wildman–Crippen LogP) is 5.49. The second kappa shape index (κ2) is 5.49. The van der Waals surface area contributed by atoms with Crippen molar-refractivity contribution in [3.8, 4) is 0 Å². The van der Waals surface area contributed by atoms with Gasteiger partial charge in [-0.25, -0.2) is 4.79 Å². The normalized spacial score (nSPS) is 14.6. The molecule has 0 aromatic heterocycles. The van der Waals surface area contributed by atoms with E-state index in [1.54, 1.807) is 12.1 Å². The van der Waals surface area contributed by atoms with E-state index in [0.29, 0.717) is 5.56 Å². The number of carboxylic acid groups (broad SMARTS) is 1. The van der Waals surface area contributed by atoms with Crippen LogP contribution in [-0.4, -0.2) is 11.1 Å². The van der Waals surface area contributed by atoms with Crippen LogP contribution < -0.4 is 4.90 Å². The maximum Gasteiger partial charge on any atom is 0.335 e. The molecule has 1 N–H and O–H groups in total. The van der Waals surface area contributed by atoms with E-state index < -0.39 is 5.97 Å². The molecule has 0 amide bonds. The van der Waals surface area contributed by atoms with Crippen LogP contribution in [0, 0.1) is 0 Å². The van der Waals surface area contributed by atoms with E-state index in [2.05, 4.69) is 55.1 Å². The van der Waals surface area contributed by atoms with Gasteiger partial charge in [0.25, 0.3) is 0 Å². The van der Waals surface area contributed by atoms with Crippen LogP contribution in [0.4, 0.5) is 17.1 Å². The number of hydrogen-bond acceptors (Lipinski definition) is 2. The van der Waals surface area contributed by atoms with Crippen LogP contribution in [0.2, 0.25) is 0 Å². The summed E-state index contributed by atoms with van der Waals surface area (Å²) in [6.07, 6.45) is 0. The predicted molar refractivity (Wildman–Crippen MR) is 100 cm³/mol. The highest BCUT2D eigenvalue weighted by atomic mass is 16.4. The van der Waals surface area contributed by atoms with Crippen molar-refractivity contribution in [2.75, 3.05) is 4.90 Å². The van der Waals surface area contributed by atoms with E-state index in [1.165, 1.54) is 11.1 Å². The Hall–Kier alpha value is -3.07.